The first kappa shape index (κ1) is 21.2. The molecule has 0 saturated carbocycles. The molecule has 0 aliphatic carbocycles. The van der Waals surface area contributed by atoms with Crippen molar-refractivity contribution in [3.63, 3.8) is 0 Å². The van der Waals surface area contributed by atoms with Gasteiger partial charge in [-0.15, -0.1) is 0 Å². The van der Waals surface area contributed by atoms with Crippen LogP contribution in [0.3, 0.4) is 0 Å². The van der Waals surface area contributed by atoms with Gasteiger partial charge in [0.25, 0.3) is 0 Å². The largest absolute Gasteiger partial charge is 0.508 e. The number of aryl methyl sites for hydroxylation is 1. The van der Waals surface area contributed by atoms with Gasteiger partial charge in [-0.05, 0) is 40.6 Å². The number of benzene rings is 4. The van der Waals surface area contributed by atoms with E-state index in [0.717, 1.165) is 25.0 Å². The molecule has 0 atom stereocenters. The lowest BCUT2D eigenvalue weighted by Gasteiger charge is -1.96. The summed E-state index contributed by atoms with van der Waals surface area (Å²) in [6.07, 6.45) is 0. The fourth-order valence-electron chi connectivity index (χ4n) is 2.49. The molecule has 0 aromatic heterocycles. The Kier molecular flexibility index (Phi) is 9.47. The number of phenols is 1. The van der Waals surface area contributed by atoms with Gasteiger partial charge in [-0.1, -0.05) is 78.4 Å². The van der Waals surface area contributed by atoms with Crippen LogP contribution in [0.15, 0.2) is 84.9 Å². The molecule has 0 aliphatic heterocycles. The van der Waals surface area contributed by atoms with E-state index in [1.165, 1.54) is 16.3 Å². The van der Waals surface area contributed by atoms with Crippen LogP contribution < -0.4 is 0 Å². The SMILES string of the molecule is CO.CO.Cc1ccc2ccccc2c1.Oc1ccc2ccccc2c1. The van der Waals surface area contributed by atoms with Crippen molar-refractivity contribution in [2.24, 2.45) is 0 Å². The van der Waals surface area contributed by atoms with Gasteiger partial charge in [0.1, 0.15) is 5.75 Å². The van der Waals surface area contributed by atoms with Crippen LogP contribution in [0, 0.1) is 6.92 Å². The van der Waals surface area contributed by atoms with Gasteiger partial charge in [0.05, 0.1) is 0 Å². The van der Waals surface area contributed by atoms with E-state index in [0.29, 0.717) is 5.75 Å². The molecule has 4 aromatic carbocycles. The minimum atomic E-state index is 0.323. The normalized spacial score (nSPS) is 9.12. The van der Waals surface area contributed by atoms with E-state index >= 15 is 0 Å². The molecule has 0 saturated heterocycles. The van der Waals surface area contributed by atoms with Crippen LogP contribution in [-0.4, -0.2) is 29.5 Å². The molecular weight excluding hydrogens is 324 g/mol. The summed E-state index contributed by atoms with van der Waals surface area (Å²) in [6.45, 7) is 2.12. The number of aliphatic hydroxyl groups excluding tert-OH is 2. The Labute approximate surface area is 154 Å². The van der Waals surface area contributed by atoms with Gasteiger partial charge in [-0.3, -0.25) is 0 Å². The summed E-state index contributed by atoms with van der Waals surface area (Å²) in [5.74, 6) is 0.323. The first-order valence-corrected chi connectivity index (χ1v) is 8.25. The second-order valence-corrected chi connectivity index (χ2v) is 5.38. The number of phenolic OH excluding ortho intramolecular Hbond substituents is 1. The molecule has 136 valence electrons. The molecule has 0 fully saturated rings. The molecule has 0 bridgehead atoms. The Bertz CT molecular complexity index is 840. The van der Waals surface area contributed by atoms with E-state index < -0.39 is 0 Å². The molecule has 0 unspecified atom stereocenters. The molecule has 4 aromatic rings. The zero-order valence-corrected chi connectivity index (χ0v) is 15.4. The van der Waals surface area contributed by atoms with Crippen molar-refractivity contribution in [3.8, 4) is 5.75 Å². The highest BCUT2D eigenvalue weighted by Crippen LogP contribution is 2.18. The summed E-state index contributed by atoms with van der Waals surface area (Å²) in [5.41, 5.74) is 1.32. The summed E-state index contributed by atoms with van der Waals surface area (Å²) in [4.78, 5) is 0. The van der Waals surface area contributed by atoms with Crippen molar-refractivity contribution in [2.45, 2.75) is 6.92 Å². The third-order valence-corrected chi connectivity index (χ3v) is 3.64. The third-order valence-electron chi connectivity index (χ3n) is 3.64. The van der Waals surface area contributed by atoms with Crippen molar-refractivity contribution in [2.75, 3.05) is 14.2 Å². The second kappa shape index (κ2) is 11.6. The summed E-state index contributed by atoms with van der Waals surface area (Å²) >= 11 is 0. The highest BCUT2D eigenvalue weighted by Gasteiger charge is 1.91. The maximum atomic E-state index is 9.13. The molecule has 0 amide bonds. The van der Waals surface area contributed by atoms with Crippen molar-refractivity contribution in [3.05, 3.63) is 90.5 Å². The molecule has 4 rings (SSSR count). The Morgan fingerprint density at radius 1 is 0.500 bits per heavy atom. The average Bonchev–Trinajstić information content (AvgIpc) is 2.71. The van der Waals surface area contributed by atoms with Crippen LogP contribution in [-0.2, 0) is 0 Å². The van der Waals surface area contributed by atoms with Crippen molar-refractivity contribution in [1.29, 1.82) is 0 Å². The highest BCUT2D eigenvalue weighted by atomic mass is 16.3. The van der Waals surface area contributed by atoms with Gasteiger partial charge in [-0.2, -0.15) is 0 Å². The van der Waals surface area contributed by atoms with E-state index in [9.17, 15) is 0 Å². The summed E-state index contributed by atoms with van der Waals surface area (Å²) in [6, 6.07) is 28.2. The maximum Gasteiger partial charge on any atom is 0.116 e. The number of fused-ring (bicyclic) bond motifs is 2. The summed E-state index contributed by atoms with van der Waals surface area (Å²) in [7, 11) is 2.00. The Morgan fingerprint density at radius 2 is 0.923 bits per heavy atom. The van der Waals surface area contributed by atoms with Crippen LogP contribution in [0.5, 0.6) is 5.75 Å². The Balaban J connectivity index is 0.000000219. The van der Waals surface area contributed by atoms with Gasteiger partial charge in [0.2, 0.25) is 0 Å². The topological polar surface area (TPSA) is 60.7 Å². The minimum Gasteiger partial charge on any atom is -0.508 e. The van der Waals surface area contributed by atoms with Gasteiger partial charge in [0.15, 0.2) is 0 Å². The number of aromatic hydroxyl groups is 1. The zero-order chi connectivity index (χ0) is 19.4. The van der Waals surface area contributed by atoms with Crippen LogP contribution in [0.1, 0.15) is 5.56 Å². The first-order valence-electron chi connectivity index (χ1n) is 8.25. The second-order valence-electron chi connectivity index (χ2n) is 5.38. The minimum absolute atomic E-state index is 0.323. The van der Waals surface area contributed by atoms with Crippen molar-refractivity contribution >= 4 is 21.5 Å². The fourth-order valence-corrected chi connectivity index (χ4v) is 2.49. The van der Waals surface area contributed by atoms with Crippen molar-refractivity contribution in [1.82, 2.24) is 0 Å². The highest BCUT2D eigenvalue weighted by molar-refractivity contribution is 5.84. The number of hydrogen-bond acceptors (Lipinski definition) is 3. The standard InChI is InChI=1S/C11H10.C10H8O.2CH4O/c1-9-6-7-10-4-2-3-5-11(10)8-9;11-10-6-5-8-3-1-2-4-9(8)7-10;2*1-2/h2-8H,1H3;1-7,11H;2*2H,1H3. The number of aliphatic hydroxyl groups is 2. The van der Waals surface area contributed by atoms with E-state index in [1.54, 1.807) is 12.1 Å². The van der Waals surface area contributed by atoms with E-state index in [-0.39, 0.29) is 0 Å². The first-order chi connectivity index (χ1) is 12.7. The Hall–Kier alpha value is -2.88. The summed E-state index contributed by atoms with van der Waals surface area (Å²) < 4.78 is 0. The molecule has 26 heavy (non-hydrogen) atoms. The molecule has 0 aliphatic rings. The quantitative estimate of drug-likeness (QED) is 0.422. The molecule has 3 heteroatoms. The lowest BCUT2D eigenvalue weighted by atomic mass is 10.1. The molecular formula is C23H26O3. The smallest absolute Gasteiger partial charge is 0.116 e. The molecule has 3 N–H and O–H groups in total. The lowest BCUT2D eigenvalue weighted by molar-refractivity contribution is 0.399. The van der Waals surface area contributed by atoms with Gasteiger partial charge in [0, 0.05) is 14.2 Å². The molecule has 3 nitrogen and oxygen atoms in total. The van der Waals surface area contributed by atoms with Crippen LogP contribution in [0.4, 0.5) is 0 Å². The van der Waals surface area contributed by atoms with Crippen LogP contribution in [0.25, 0.3) is 21.5 Å². The number of hydrogen-bond donors (Lipinski definition) is 3. The zero-order valence-electron chi connectivity index (χ0n) is 15.4. The molecule has 0 radical (unpaired) electrons. The molecule has 0 heterocycles. The third kappa shape index (κ3) is 6.20. The lowest BCUT2D eigenvalue weighted by Crippen LogP contribution is -1.73. The van der Waals surface area contributed by atoms with Crippen LogP contribution >= 0.6 is 0 Å². The van der Waals surface area contributed by atoms with E-state index in [1.807, 2.05) is 30.3 Å². The van der Waals surface area contributed by atoms with E-state index in [4.69, 9.17) is 15.3 Å². The summed E-state index contributed by atoms with van der Waals surface area (Å²) in [5, 5.41) is 28.0. The monoisotopic (exact) mass is 350 g/mol. The van der Waals surface area contributed by atoms with Gasteiger partial charge >= 0.3 is 0 Å². The molecule has 0 spiro atoms. The fraction of sp³-hybridized carbons (Fsp3) is 0.130. The van der Waals surface area contributed by atoms with Gasteiger partial charge < -0.3 is 15.3 Å². The predicted molar refractivity (Wildman–Crippen MR) is 111 cm³/mol. The maximum absolute atomic E-state index is 9.13. The van der Waals surface area contributed by atoms with Gasteiger partial charge in [-0.25, -0.2) is 0 Å². The van der Waals surface area contributed by atoms with Crippen LogP contribution in [0.2, 0.25) is 0 Å². The van der Waals surface area contributed by atoms with Crippen molar-refractivity contribution < 1.29 is 15.3 Å². The predicted octanol–water partition coefficient (Wildman–Crippen LogP) is 4.91. The average molecular weight is 350 g/mol. The number of rotatable bonds is 0. The van der Waals surface area contributed by atoms with E-state index in [2.05, 4.69) is 49.4 Å². The Morgan fingerprint density at radius 3 is 1.46 bits per heavy atom.